The summed E-state index contributed by atoms with van der Waals surface area (Å²) in [5.41, 5.74) is 0. The summed E-state index contributed by atoms with van der Waals surface area (Å²) < 4.78 is 6.05. The summed E-state index contributed by atoms with van der Waals surface area (Å²) in [7, 11) is 0. The van der Waals surface area contributed by atoms with E-state index in [4.69, 9.17) is 4.74 Å². The largest absolute Gasteiger partial charge is 0.465 e. The van der Waals surface area contributed by atoms with Gasteiger partial charge in [-0.25, -0.2) is 0 Å². The summed E-state index contributed by atoms with van der Waals surface area (Å²) in [5, 5.41) is 0. The summed E-state index contributed by atoms with van der Waals surface area (Å²) in [6, 6.07) is 0. The summed E-state index contributed by atoms with van der Waals surface area (Å²) >= 11 is 2.35. The summed E-state index contributed by atoms with van der Waals surface area (Å²) in [5.74, 6) is 0.739. The first-order valence-electron chi connectivity index (χ1n) is 4.02. The third-order valence-electron chi connectivity index (χ3n) is 2.24. The Morgan fingerprint density at radius 2 is 2.45 bits per heavy atom. The van der Waals surface area contributed by atoms with Gasteiger partial charge in [-0.3, -0.25) is 4.79 Å². The van der Waals surface area contributed by atoms with E-state index in [2.05, 4.69) is 29.5 Å². The zero-order chi connectivity index (χ0) is 8.27. The van der Waals surface area contributed by atoms with Gasteiger partial charge < -0.3 is 4.74 Å². The van der Waals surface area contributed by atoms with Crippen molar-refractivity contribution in [3.05, 3.63) is 0 Å². The number of alkyl halides is 1. The first-order chi connectivity index (χ1) is 5.29. The number of ether oxygens (including phenoxy) is 1. The fourth-order valence-electron chi connectivity index (χ4n) is 1.50. The van der Waals surface area contributed by atoms with Gasteiger partial charge in [-0.2, -0.15) is 0 Å². The van der Waals surface area contributed by atoms with E-state index in [9.17, 15) is 4.79 Å². The number of cyclic esters (lactones) is 1. The van der Waals surface area contributed by atoms with E-state index >= 15 is 0 Å². The number of carbonyl (C=O) groups is 1. The number of esters is 1. The Bertz CT molecular complexity index is 147. The van der Waals surface area contributed by atoms with Gasteiger partial charge in [-0.05, 0) is 18.8 Å². The van der Waals surface area contributed by atoms with Crippen LogP contribution in [-0.4, -0.2) is 17.0 Å². The molecule has 2 nitrogen and oxygen atoms in total. The molecule has 1 saturated heterocycles. The SMILES string of the molecule is CC[C@@H]1C(=O)OCC[C@@H]1CI. The minimum Gasteiger partial charge on any atom is -0.465 e. The van der Waals surface area contributed by atoms with Gasteiger partial charge in [0, 0.05) is 4.43 Å². The zero-order valence-electron chi connectivity index (χ0n) is 6.68. The fraction of sp³-hybridized carbons (Fsp3) is 0.875. The molecule has 0 spiro atoms. The van der Waals surface area contributed by atoms with Gasteiger partial charge in [0.15, 0.2) is 0 Å². The fourth-order valence-corrected chi connectivity index (χ4v) is 2.55. The highest BCUT2D eigenvalue weighted by Gasteiger charge is 2.30. The van der Waals surface area contributed by atoms with Crippen LogP contribution in [-0.2, 0) is 9.53 Å². The van der Waals surface area contributed by atoms with Crippen LogP contribution in [0.3, 0.4) is 0 Å². The van der Waals surface area contributed by atoms with Crippen LogP contribution in [0.1, 0.15) is 19.8 Å². The van der Waals surface area contributed by atoms with E-state index in [0.29, 0.717) is 12.5 Å². The second kappa shape index (κ2) is 4.28. The molecule has 0 aromatic rings. The summed E-state index contributed by atoms with van der Waals surface area (Å²) in [6.45, 7) is 2.68. The van der Waals surface area contributed by atoms with E-state index in [0.717, 1.165) is 17.3 Å². The van der Waals surface area contributed by atoms with Gasteiger partial charge in [0.2, 0.25) is 0 Å². The van der Waals surface area contributed by atoms with Crippen molar-refractivity contribution in [2.75, 3.05) is 11.0 Å². The molecule has 0 bridgehead atoms. The molecule has 0 radical (unpaired) electrons. The van der Waals surface area contributed by atoms with Crippen molar-refractivity contribution in [3.8, 4) is 0 Å². The highest BCUT2D eigenvalue weighted by Crippen LogP contribution is 2.27. The molecule has 1 heterocycles. The average molecular weight is 268 g/mol. The van der Waals surface area contributed by atoms with Crippen LogP contribution in [0.2, 0.25) is 0 Å². The molecule has 1 fully saturated rings. The molecule has 0 aromatic carbocycles. The van der Waals surface area contributed by atoms with Crippen LogP contribution in [0.15, 0.2) is 0 Å². The number of carbonyl (C=O) groups excluding carboxylic acids is 1. The number of rotatable bonds is 2. The van der Waals surface area contributed by atoms with Crippen molar-refractivity contribution in [1.29, 1.82) is 0 Å². The second-order valence-electron chi connectivity index (χ2n) is 2.89. The zero-order valence-corrected chi connectivity index (χ0v) is 8.84. The highest BCUT2D eigenvalue weighted by molar-refractivity contribution is 14.1. The minimum absolute atomic E-state index is 0.0143. The van der Waals surface area contributed by atoms with Gasteiger partial charge in [0.1, 0.15) is 0 Å². The van der Waals surface area contributed by atoms with Gasteiger partial charge in [-0.1, -0.05) is 29.5 Å². The molecular formula is C8H13IO2. The standard InChI is InChI=1S/C8H13IO2/c1-2-7-6(5-9)3-4-11-8(7)10/h6-7H,2-5H2,1H3/t6-,7+/m1/s1. The van der Waals surface area contributed by atoms with Gasteiger partial charge >= 0.3 is 5.97 Å². The molecule has 0 aromatic heterocycles. The highest BCUT2D eigenvalue weighted by atomic mass is 127. The molecule has 0 aliphatic carbocycles. The molecule has 3 heteroatoms. The molecule has 1 aliphatic heterocycles. The van der Waals surface area contributed by atoms with Crippen molar-refractivity contribution in [2.45, 2.75) is 19.8 Å². The maximum atomic E-state index is 11.2. The van der Waals surface area contributed by atoms with Crippen LogP contribution >= 0.6 is 22.6 Å². The Balaban J connectivity index is 2.56. The number of hydrogen-bond acceptors (Lipinski definition) is 2. The van der Waals surface area contributed by atoms with E-state index in [1.54, 1.807) is 0 Å². The Morgan fingerprint density at radius 1 is 1.73 bits per heavy atom. The minimum atomic E-state index is 0.0143. The maximum absolute atomic E-state index is 11.2. The third kappa shape index (κ3) is 2.07. The van der Waals surface area contributed by atoms with Crippen molar-refractivity contribution in [1.82, 2.24) is 0 Å². The molecule has 0 amide bonds. The van der Waals surface area contributed by atoms with Crippen molar-refractivity contribution < 1.29 is 9.53 Å². The normalized spacial score (nSPS) is 31.6. The molecule has 0 unspecified atom stereocenters. The molecular weight excluding hydrogens is 255 g/mol. The van der Waals surface area contributed by atoms with Crippen LogP contribution < -0.4 is 0 Å². The topological polar surface area (TPSA) is 26.3 Å². The smallest absolute Gasteiger partial charge is 0.309 e. The van der Waals surface area contributed by atoms with Gasteiger partial charge in [0.25, 0.3) is 0 Å². The van der Waals surface area contributed by atoms with Crippen molar-refractivity contribution >= 4 is 28.6 Å². The van der Waals surface area contributed by atoms with Gasteiger partial charge in [-0.15, -0.1) is 0 Å². The lowest BCUT2D eigenvalue weighted by molar-refractivity contribution is -0.155. The summed E-state index contributed by atoms with van der Waals surface area (Å²) in [4.78, 5) is 11.2. The first-order valence-corrected chi connectivity index (χ1v) is 5.54. The lowest BCUT2D eigenvalue weighted by Crippen LogP contribution is -2.32. The third-order valence-corrected chi connectivity index (χ3v) is 3.37. The monoisotopic (exact) mass is 268 g/mol. The van der Waals surface area contributed by atoms with Gasteiger partial charge in [0.05, 0.1) is 12.5 Å². The van der Waals surface area contributed by atoms with Crippen molar-refractivity contribution in [2.24, 2.45) is 11.8 Å². The number of hydrogen-bond donors (Lipinski definition) is 0. The van der Waals surface area contributed by atoms with E-state index < -0.39 is 0 Å². The van der Waals surface area contributed by atoms with E-state index in [1.165, 1.54) is 0 Å². The maximum Gasteiger partial charge on any atom is 0.309 e. The van der Waals surface area contributed by atoms with Crippen LogP contribution in [0.4, 0.5) is 0 Å². The van der Waals surface area contributed by atoms with Crippen LogP contribution in [0.25, 0.3) is 0 Å². The Labute approximate surface area is 80.8 Å². The van der Waals surface area contributed by atoms with E-state index in [1.807, 2.05) is 0 Å². The lowest BCUT2D eigenvalue weighted by atomic mass is 9.88. The lowest BCUT2D eigenvalue weighted by Gasteiger charge is -2.27. The second-order valence-corrected chi connectivity index (χ2v) is 3.77. The predicted octanol–water partition coefficient (Wildman–Crippen LogP) is 2.01. The molecule has 64 valence electrons. The molecule has 2 atom stereocenters. The molecule has 1 rings (SSSR count). The quantitative estimate of drug-likeness (QED) is 0.435. The van der Waals surface area contributed by atoms with Crippen LogP contribution in [0.5, 0.6) is 0 Å². The molecule has 0 saturated carbocycles. The Morgan fingerprint density at radius 3 is 2.91 bits per heavy atom. The predicted molar refractivity (Wildman–Crippen MR) is 51.7 cm³/mol. The molecule has 1 aliphatic rings. The van der Waals surface area contributed by atoms with E-state index in [-0.39, 0.29) is 11.9 Å². The molecule has 11 heavy (non-hydrogen) atoms. The first kappa shape index (κ1) is 9.29. The Hall–Kier alpha value is 0.200. The Kier molecular flexibility index (Phi) is 3.62. The summed E-state index contributed by atoms with van der Waals surface area (Å²) in [6.07, 6.45) is 1.97. The van der Waals surface area contributed by atoms with Crippen LogP contribution in [0, 0.1) is 11.8 Å². The molecule has 0 N–H and O–H groups in total. The average Bonchev–Trinajstić information content (AvgIpc) is 2.04. The number of halogens is 1. The van der Waals surface area contributed by atoms with Crippen molar-refractivity contribution in [3.63, 3.8) is 0 Å².